The van der Waals surface area contributed by atoms with Gasteiger partial charge in [0.05, 0.1) is 13.4 Å². The number of aromatic nitrogens is 4. The van der Waals surface area contributed by atoms with Gasteiger partial charge in [0.1, 0.15) is 6.23 Å². The van der Waals surface area contributed by atoms with E-state index >= 15 is 0 Å². The Morgan fingerprint density at radius 1 is 1.42 bits per heavy atom. The normalized spacial score (nSPS) is 19.6. The van der Waals surface area contributed by atoms with Crippen LogP contribution in [0.1, 0.15) is 25.5 Å². The summed E-state index contributed by atoms with van der Waals surface area (Å²) in [4.78, 5) is 13.0. The lowest BCUT2D eigenvalue weighted by atomic mass is 10.2. The standard InChI is InChI=1S/C12H17N5O2/c1-13-10-9-11(16-12(15-10)18-2)17(7-14-9)8-5-3-4-6-19-8/h7-8H,3-6H2,1-2H3,(H,13,15,16). The summed E-state index contributed by atoms with van der Waals surface area (Å²) in [5.74, 6) is 0.663. The van der Waals surface area contributed by atoms with Gasteiger partial charge in [-0.1, -0.05) is 0 Å². The van der Waals surface area contributed by atoms with Crippen molar-refractivity contribution >= 4 is 17.0 Å². The molecule has 0 aliphatic carbocycles. The molecule has 1 unspecified atom stereocenters. The van der Waals surface area contributed by atoms with Gasteiger partial charge in [0.15, 0.2) is 17.0 Å². The zero-order valence-electron chi connectivity index (χ0n) is 11.1. The summed E-state index contributed by atoms with van der Waals surface area (Å²) < 4.78 is 12.9. The lowest BCUT2D eigenvalue weighted by Crippen LogP contribution is -2.17. The van der Waals surface area contributed by atoms with Crippen LogP contribution in [-0.2, 0) is 4.74 Å². The molecule has 7 heteroatoms. The minimum Gasteiger partial charge on any atom is -0.467 e. The molecule has 2 aromatic rings. The van der Waals surface area contributed by atoms with Gasteiger partial charge in [-0.25, -0.2) is 4.98 Å². The molecule has 0 saturated carbocycles. The smallest absolute Gasteiger partial charge is 0.320 e. The Morgan fingerprint density at radius 3 is 3.00 bits per heavy atom. The highest BCUT2D eigenvalue weighted by Crippen LogP contribution is 2.28. The van der Waals surface area contributed by atoms with E-state index in [1.165, 1.54) is 0 Å². The van der Waals surface area contributed by atoms with Crippen LogP contribution in [0.3, 0.4) is 0 Å². The first-order valence-corrected chi connectivity index (χ1v) is 6.41. The van der Waals surface area contributed by atoms with Crippen LogP contribution in [0.4, 0.5) is 5.82 Å². The van der Waals surface area contributed by atoms with Crippen molar-refractivity contribution in [2.45, 2.75) is 25.5 Å². The fourth-order valence-electron chi connectivity index (χ4n) is 2.32. The zero-order valence-corrected chi connectivity index (χ0v) is 11.1. The average Bonchev–Trinajstić information content (AvgIpc) is 2.90. The molecule has 1 atom stereocenters. The van der Waals surface area contributed by atoms with Crippen molar-refractivity contribution in [1.82, 2.24) is 19.5 Å². The number of nitrogens with one attached hydrogen (secondary N) is 1. The van der Waals surface area contributed by atoms with Crippen molar-refractivity contribution in [2.75, 3.05) is 26.1 Å². The summed E-state index contributed by atoms with van der Waals surface area (Å²) in [7, 11) is 3.36. The lowest BCUT2D eigenvalue weighted by molar-refractivity contribution is -0.0298. The van der Waals surface area contributed by atoms with E-state index in [0.717, 1.165) is 37.0 Å². The molecule has 0 amide bonds. The largest absolute Gasteiger partial charge is 0.467 e. The predicted molar refractivity (Wildman–Crippen MR) is 70.3 cm³/mol. The minimum atomic E-state index is 0.00284. The van der Waals surface area contributed by atoms with E-state index in [1.807, 2.05) is 4.57 Å². The van der Waals surface area contributed by atoms with Crippen molar-refractivity contribution in [1.29, 1.82) is 0 Å². The average molecular weight is 263 g/mol. The van der Waals surface area contributed by atoms with Crippen molar-refractivity contribution in [3.8, 4) is 6.01 Å². The van der Waals surface area contributed by atoms with Gasteiger partial charge in [-0.3, -0.25) is 4.57 Å². The number of methoxy groups -OCH3 is 1. The molecule has 1 aliphatic heterocycles. The Kier molecular flexibility index (Phi) is 3.20. The van der Waals surface area contributed by atoms with E-state index in [-0.39, 0.29) is 6.23 Å². The fourth-order valence-corrected chi connectivity index (χ4v) is 2.32. The third-order valence-electron chi connectivity index (χ3n) is 3.29. The fraction of sp³-hybridized carbons (Fsp3) is 0.583. The van der Waals surface area contributed by atoms with Crippen LogP contribution >= 0.6 is 0 Å². The molecule has 0 radical (unpaired) electrons. The molecular weight excluding hydrogens is 246 g/mol. The van der Waals surface area contributed by atoms with Gasteiger partial charge >= 0.3 is 6.01 Å². The van der Waals surface area contributed by atoms with Gasteiger partial charge < -0.3 is 14.8 Å². The molecule has 19 heavy (non-hydrogen) atoms. The van der Waals surface area contributed by atoms with Crippen LogP contribution in [-0.4, -0.2) is 40.3 Å². The Bertz CT molecular complexity index is 577. The first-order valence-electron chi connectivity index (χ1n) is 6.41. The van der Waals surface area contributed by atoms with Crippen LogP contribution in [0.15, 0.2) is 6.33 Å². The molecule has 0 spiro atoms. The number of hydrogen-bond donors (Lipinski definition) is 1. The van der Waals surface area contributed by atoms with Gasteiger partial charge in [0.2, 0.25) is 0 Å². The summed E-state index contributed by atoms with van der Waals surface area (Å²) in [6.45, 7) is 0.783. The van der Waals surface area contributed by atoms with Crippen LogP contribution < -0.4 is 10.1 Å². The number of fused-ring (bicyclic) bond motifs is 1. The maximum absolute atomic E-state index is 5.78. The molecule has 1 N–H and O–H groups in total. The maximum atomic E-state index is 5.78. The molecule has 2 aromatic heterocycles. The van der Waals surface area contributed by atoms with Crippen LogP contribution in [0.25, 0.3) is 11.2 Å². The van der Waals surface area contributed by atoms with E-state index in [1.54, 1.807) is 20.5 Å². The lowest BCUT2D eigenvalue weighted by Gasteiger charge is -2.23. The number of rotatable bonds is 3. The molecule has 3 heterocycles. The second-order valence-electron chi connectivity index (χ2n) is 4.45. The van der Waals surface area contributed by atoms with E-state index in [9.17, 15) is 0 Å². The second kappa shape index (κ2) is 5.00. The summed E-state index contributed by atoms with van der Waals surface area (Å²) in [5.41, 5.74) is 1.47. The number of nitrogens with zero attached hydrogens (tertiary/aromatic N) is 4. The third kappa shape index (κ3) is 2.10. The second-order valence-corrected chi connectivity index (χ2v) is 4.45. The van der Waals surface area contributed by atoms with Gasteiger partial charge in [-0.15, -0.1) is 0 Å². The zero-order chi connectivity index (χ0) is 13.2. The Labute approximate surface area is 111 Å². The highest BCUT2D eigenvalue weighted by Gasteiger charge is 2.21. The summed E-state index contributed by atoms with van der Waals surface area (Å²) in [5, 5.41) is 3.01. The van der Waals surface area contributed by atoms with Crippen LogP contribution in [0.2, 0.25) is 0 Å². The highest BCUT2D eigenvalue weighted by atomic mass is 16.5. The molecule has 3 rings (SSSR count). The number of anilines is 1. The molecule has 1 fully saturated rings. The SMILES string of the molecule is CNc1nc(OC)nc2c1ncn2C1CCCCO1. The molecule has 7 nitrogen and oxygen atoms in total. The van der Waals surface area contributed by atoms with E-state index in [2.05, 4.69) is 20.3 Å². The van der Waals surface area contributed by atoms with Gasteiger partial charge in [0.25, 0.3) is 0 Å². The van der Waals surface area contributed by atoms with Gasteiger partial charge in [0, 0.05) is 13.7 Å². The van der Waals surface area contributed by atoms with Gasteiger partial charge in [-0.2, -0.15) is 9.97 Å². The van der Waals surface area contributed by atoms with E-state index < -0.39 is 0 Å². The number of hydrogen-bond acceptors (Lipinski definition) is 6. The molecule has 0 bridgehead atoms. The Balaban J connectivity index is 2.09. The monoisotopic (exact) mass is 263 g/mol. The Hall–Kier alpha value is -1.89. The van der Waals surface area contributed by atoms with Crippen molar-refractivity contribution < 1.29 is 9.47 Å². The van der Waals surface area contributed by atoms with Crippen LogP contribution in [0, 0.1) is 0 Å². The maximum Gasteiger partial charge on any atom is 0.320 e. The first kappa shape index (κ1) is 12.2. The number of ether oxygens (including phenoxy) is 2. The summed E-state index contributed by atoms with van der Waals surface area (Å²) in [6.07, 6.45) is 5.01. The Morgan fingerprint density at radius 2 is 2.32 bits per heavy atom. The van der Waals surface area contributed by atoms with Crippen molar-refractivity contribution in [2.24, 2.45) is 0 Å². The molecule has 1 aliphatic rings. The summed E-state index contributed by atoms with van der Waals surface area (Å²) >= 11 is 0. The first-order chi connectivity index (χ1) is 9.33. The van der Waals surface area contributed by atoms with E-state index in [0.29, 0.717) is 11.8 Å². The molecule has 1 saturated heterocycles. The highest BCUT2D eigenvalue weighted by molar-refractivity contribution is 5.83. The van der Waals surface area contributed by atoms with E-state index in [4.69, 9.17) is 9.47 Å². The molecule has 102 valence electrons. The topological polar surface area (TPSA) is 74.1 Å². The quantitative estimate of drug-likeness (QED) is 0.906. The van der Waals surface area contributed by atoms with Crippen molar-refractivity contribution in [3.05, 3.63) is 6.33 Å². The minimum absolute atomic E-state index is 0.00284. The summed E-state index contributed by atoms with van der Waals surface area (Å²) in [6, 6.07) is 0.328. The molecular formula is C12H17N5O2. The van der Waals surface area contributed by atoms with Crippen molar-refractivity contribution in [3.63, 3.8) is 0 Å². The number of imidazole rings is 1. The van der Waals surface area contributed by atoms with Crippen LogP contribution in [0.5, 0.6) is 6.01 Å². The molecule has 0 aromatic carbocycles. The predicted octanol–water partition coefficient (Wildman–Crippen LogP) is 1.58. The third-order valence-corrected chi connectivity index (χ3v) is 3.29. The van der Waals surface area contributed by atoms with Gasteiger partial charge in [-0.05, 0) is 19.3 Å².